The summed E-state index contributed by atoms with van der Waals surface area (Å²) in [5, 5.41) is 26.9. The molecule has 0 saturated carbocycles. The average Bonchev–Trinajstić information content (AvgIpc) is 2.58. The van der Waals surface area contributed by atoms with Crippen LogP contribution in [0.2, 0.25) is 0 Å². The van der Waals surface area contributed by atoms with Crippen LogP contribution in [0.4, 0.5) is 0 Å². The van der Waals surface area contributed by atoms with Gasteiger partial charge in [0.2, 0.25) is 10.0 Å². The van der Waals surface area contributed by atoms with Gasteiger partial charge in [-0.1, -0.05) is 11.8 Å². The van der Waals surface area contributed by atoms with Gasteiger partial charge in [0.25, 0.3) is 5.91 Å². The standard InChI is InChI=1S/C15H20N2O7S/c1-11(19)14(15(20)16-21)17(2)25(22,23)13-7-5-12(6-8-13)24-10-4-3-9-18/h5-8,11,14,18-19,21H,9-10H2,1-2H3,(H,16,20)/t11-,14+/m0/s1. The molecule has 0 aromatic heterocycles. The number of rotatable bonds is 7. The molecule has 0 fully saturated rings. The number of hydrogen-bond donors (Lipinski definition) is 4. The lowest BCUT2D eigenvalue weighted by molar-refractivity contribution is -0.136. The third-order valence-electron chi connectivity index (χ3n) is 3.24. The van der Waals surface area contributed by atoms with Crippen molar-refractivity contribution in [2.45, 2.75) is 24.0 Å². The number of amides is 1. The van der Waals surface area contributed by atoms with Crippen LogP contribution in [0.1, 0.15) is 6.92 Å². The van der Waals surface area contributed by atoms with Crippen molar-refractivity contribution in [1.82, 2.24) is 9.79 Å². The van der Waals surface area contributed by atoms with E-state index >= 15 is 0 Å². The molecule has 138 valence electrons. The number of carbonyl (C=O) groups is 1. The Labute approximate surface area is 145 Å². The quantitative estimate of drug-likeness (QED) is 0.272. The van der Waals surface area contributed by atoms with Gasteiger partial charge >= 0.3 is 0 Å². The summed E-state index contributed by atoms with van der Waals surface area (Å²) in [7, 11) is -2.98. The number of hydrogen-bond acceptors (Lipinski definition) is 7. The molecule has 0 unspecified atom stereocenters. The molecule has 0 saturated heterocycles. The molecular weight excluding hydrogens is 352 g/mol. The van der Waals surface area contributed by atoms with Crippen LogP contribution in [0.5, 0.6) is 5.75 Å². The third-order valence-corrected chi connectivity index (χ3v) is 5.10. The monoisotopic (exact) mass is 372 g/mol. The minimum Gasteiger partial charge on any atom is -0.481 e. The van der Waals surface area contributed by atoms with Gasteiger partial charge in [-0.3, -0.25) is 10.0 Å². The number of aliphatic hydroxyl groups is 2. The zero-order valence-electron chi connectivity index (χ0n) is 13.7. The number of nitrogens with one attached hydrogen (secondary N) is 1. The highest BCUT2D eigenvalue weighted by atomic mass is 32.2. The minimum absolute atomic E-state index is 0.0351. The van der Waals surface area contributed by atoms with Crippen LogP contribution in [-0.4, -0.2) is 66.5 Å². The van der Waals surface area contributed by atoms with Crippen LogP contribution in [0.25, 0.3) is 0 Å². The Kier molecular flexibility index (Phi) is 7.82. The van der Waals surface area contributed by atoms with Crippen molar-refractivity contribution in [2.75, 3.05) is 20.3 Å². The van der Waals surface area contributed by atoms with Gasteiger partial charge in [0.15, 0.2) is 0 Å². The molecule has 2 atom stereocenters. The van der Waals surface area contributed by atoms with Crippen LogP contribution in [0.3, 0.4) is 0 Å². The van der Waals surface area contributed by atoms with E-state index in [1.54, 1.807) is 0 Å². The minimum atomic E-state index is -4.10. The highest BCUT2D eigenvalue weighted by Crippen LogP contribution is 2.21. The van der Waals surface area contributed by atoms with E-state index in [1.807, 2.05) is 0 Å². The number of carbonyl (C=O) groups excluding carboxylic acids is 1. The Bertz CT molecular complexity index is 735. The van der Waals surface area contributed by atoms with Crippen molar-refractivity contribution in [2.24, 2.45) is 0 Å². The number of likely N-dealkylation sites (N-methyl/N-ethyl adjacent to an activating group) is 1. The molecule has 1 aromatic rings. The SMILES string of the molecule is C[C@H](O)[C@H](C(=O)NO)N(C)S(=O)(=O)c1ccc(OCC#CCO)cc1. The number of ether oxygens (including phenoxy) is 1. The van der Waals surface area contributed by atoms with Crippen LogP contribution < -0.4 is 10.2 Å². The summed E-state index contributed by atoms with van der Waals surface area (Å²) in [5.41, 5.74) is 1.34. The molecule has 1 aromatic carbocycles. The lowest BCUT2D eigenvalue weighted by Gasteiger charge is -2.27. The summed E-state index contributed by atoms with van der Waals surface area (Å²) in [6.07, 6.45) is -1.35. The molecule has 0 aliphatic carbocycles. The maximum Gasteiger partial charge on any atom is 0.264 e. The fourth-order valence-corrected chi connectivity index (χ4v) is 3.39. The Hall–Kier alpha value is -2.16. The maximum absolute atomic E-state index is 12.6. The van der Waals surface area contributed by atoms with Gasteiger partial charge < -0.3 is 14.9 Å². The molecule has 4 N–H and O–H groups in total. The van der Waals surface area contributed by atoms with Gasteiger partial charge in [-0.05, 0) is 31.2 Å². The van der Waals surface area contributed by atoms with Crippen molar-refractivity contribution in [3.8, 4) is 17.6 Å². The highest BCUT2D eigenvalue weighted by molar-refractivity contribution is 7.89. The Morgan fingerprint density at radius 3 is 2.40 bits per heavy atom. The predicted octanol–water partition coefficient (Wildman–Crippen LogP) is -1.06. The summed E-state index contributed by atoms with van der Waals surface area (Å²) >= 11 is 0. The second-order valence-electron chi connectivity index (χ2n) is 4.95. The normalized spacial score (nSPS) is 13.5. The first-order chi connectivity index (χ1) is 11.8. The molecule has 0 heterocycles. The van der Waals surface area contributed by atoms with E-state index in [9.17, 15) is 18.3 Å². The molecule has 0 aliphatic rings. The second-order valence-corrected chi connectivity index (χ2v) is 6.95. The van der Waals surface area contributed by atoms with Gasteiger partial charge in [-0.25, -0.2) is 13.9 Å². The Morgan fingerprint density at radius 1 is 1.32 bits per heavy atom. The summed E-state index contributed by atoms with van der Waals surface area (Å²) in [5.74, 6) is 4.27. The van der Waals surface area contributed by atoms with E-state index < -0.39 is 28.1 Å². The molecule has 1 amide bonds. The van der Waals surface area contributed by atoms with E-state index in [1.165, 1.54) is 36.7 Å². The fraction of sp³-hybridized carbons (Fsp3) is 0.400. The first kappa shape index (κ1) is 20.9. The first-order valence-electron chi connectivity index (χ1n) is 7.15. The molecule has 0 bridgehead atoms. The van der Waals surface area contributed by atoms with Crippen LogP contribution in [0.15, 0.2) is 29.2 Å². The second kappa shape index (κ2) is 9.36. The van der Waals surface area contributed by atoms with Crippen LogP contribution >= 0.6 is 0 Å². The number of sulfonamides is 1. The van der Waals surface area contributed by atoms with Crippen molar-refractivity contribution < 1.29 is 33.4 Å². The topological polar surface area (TPSA) is 136 Å². The van der Waals surface area contributed by atoms with Crippen molar-refractivity contribution in [3.63, 3.8) is 0 Å². The summed E-state index contributed by atoms with van der Waals surface area (Å²) in [6, 6.07) is 3.86. The molecular formula is C15H20N2O7S. The van der Waals surface area contributed by atoms with Crippen molar-refractivity contribution >= 4 is 15.9 Å². The molecule has 1 rings (SSSR count). The summed E-state index contributed by atoms with van der Waals surface area (Å²) in [4.78, 5) is 11.5. The van der Waals surface area contributed by atoms with Crippen LogP contribution in [0, 0.1) is 11.8 Å². The van der Waals surface area contributed by atoms with Crippen LogP contribution in [-0.2, 0) is 14.8 Å². The van der Waals surface area contributed by atoms with Gasteiger partial charge in [-0.15, -0.1) is 0 Å². The van der Waals surface area contributed by atoms with Gasteiger partial charge in [0, 0.05) is 7.05 Å². The average molecular weight is 372 g/mol. The maximum atomic E-state index is 12.6. The summed E-state index contributed by atoms with van der Waals surface area (Å²) < 4.78 is 31.1. The van der Waals surface area contributed by atoms with Gasteiger partial charge in [-0.2, -0.15) is 4.31 Å². The van der Waals surface area contributed by atoms with Crippen molar-refractivity contribution in [1.29, 1.82) is 0 Å². The number of hydroxylamine groups is 1. The van der Waals surface area contributed by atoms with Crippen molar-refractivity contribution in [3.05, 3.63) is 24.3 Å². The molecule has 0 aliphatic heterocycles. The van der Waals surface area contributed by atoms with E-state index in [0.717, 1.165) is 7.05 Å². The zero-order valence-corrected chi connectivity index (χ0v) is 14.5. The summed E-state index contributed by atoms with van der Waals surface area (Å²) in [6.45, 7) is 0.988. The number of aliphatic hydroxyl groups excluding tert-OH is 2. The molecule has 25 heavy (non-hydrogen) atoms. The highest BCUT2D eigenvalue weighted by Gasteiger charge is 2.36. The smallest absolute Gasteiger partial charge is 0.264 e. The predicted molar refractivity (Wildman–Crippen MR) is 87.1 cm³/mol. The van der Waals surface area contributed by atoms with E-state index in [0.29, 0.717) is 10.1 Å². The Balaban J connectivity index is 2.99. The number of benzene rings is 1. The molecule has 10 heteroatoms. The first-order valence-corrected chi connectivity index (χ1v) is 8.59. The zero-order chi connectivity index (χ0) is 19.0. The molecule has 0 radical (unpaired) electrons. The van der Waals surface area contributed by atoms with E-state index in [2.05, 4.69) is 11.8 Å². The van der Waals surface area contributed by atoms with Gasteiger partial charge in [0.1, 0.15) is 25.0 Å². The largest absolute Gasteiger partial charge is 0.481 e. The number of nitrogens with zero attached hydrogens (tertiary/aromatic N) is 1. The van der Waals surface area contributed by atoms with Gasteiger partial charge in [0.05, 0.1) is 11.0 Å². The molecule has 9 nitrogen and oxygen atoms in total. The molecule has 0 spiro atoms. The third kappa shape index (κ3) is 5.42. The lowest BCUT2D eigenvalue weighted by Crippen LogP contribution is -2.52. The van der Waals surface area contributed by atoms with E-state index in [4.69, 9.17) is 15.1 Å². The Morgan fingerprint density at radius 2 is 1.92 bits per heavy atom. The van der Waals surface area contributed by atoms with E-state index in [-0.39, 0.29) is 18.1 Å². The fourth-order valence-electron chi connectivity index (χ4n) is 2.00. The lowest BCUT2D eigenvalue weighted by atomic mass is 10.2.